The average Bonchev–Trinajstić information content (AvgIpc) is 3.23. The van der Waals surface area contributed by atoms with E-state index in [1.54, 1.807) is 15.9 Å². The molecule has 3 amide bonds. The Kier molecular flexibility index (Phi) is 5.04. The molecule has 0 radical (unpaired) electrons. The summed E-state index contributed by atoms with van der Waals surface area (Å²) in [6.45, 7) is 10.1. The Balaban J connectivity index is 1.53. The first kappa shape index (κ1) is 18.4. The summed E-state index contributed by atoms with van der Waals surface area (Å²) >= 11 is 1.50. The Morgan fingerprint density at radius 3 is 2.35 bits per heavy atom. The van der Waals surface area contributed by atoms with E-state index in [2.05, 4.69) is 10.5 Å². The van der Waals surface area contributed by atoms with E-state index in [0.29, 0.717) is 32.0 Å². The molecule has 2 aromatic rings. The summed E-state index contributed by atoms with van der Waals surface area (Å²) in [4.78, 5) is 30.2. The van der Waals surface area contributed by atoms with Gasteiger partial charge < -0.3 is 14.3 Å². The van der Waals surface area contributed by atoms with Gasteiger partial charge in [0.1, 0.15) is 5.76 Å². The molecule has 0 saturated carbocycles. The van der Waals surface area contributed by atoms with E-state index in [1.807, 2.05) is 39.8 Å². The topological polar surface area (TPSA) is 78.7 Å². The predicted octanol–water partition coefficient (Wildman–Crippen LogP) is 3.33. The van der Waals surface area contributed by atoms with Gasteiger partial charge >= 0.3 is 6.03 Å². The summed E-state index contributed by atoms with van der Waals surface area (Å²) in [7, 11) is 0. The van der Waals surface area contributed by atoms with Gasteiger partial charge in [-0.2, -0.15) is 0 Å². The second-order valence-corrected chi connectivity index (χ2v) is 8.73. The highest BCUT2D eigenvalue weighted by Gasteiger charge is 2.26. The summed E-state index contributed by atoms with van der Waals surface area (Å²) in [5.74, 6) is 1.16. The molecule has 0 atom stereocenters. The van der Waals surface area contributed by atoms with Crippen LogP contribution in [-0.4, -0.2) is 53.1 Å². The molecule has 0 spiro atoms. The van der Waals surface area contributed by atoms with E-state index in [1.165, 1.54) is 11.3 Å². The number of nitrogens with one attached hydrogen (secondary N) is 1. The zero-order valence-electron chi connectivity index (χ0n) is 15.5. The summed E-state index contributed by atoms with van der Waals surface area (Å²) < 4.78 is 5.28. The van der Waals surface area contributed by atoms with Gasteiger partial charge in [-0.3, -0.25) is 10.1 Å². The zero-order chi connectivity index (χ0) is 18.9. The number of rotatable bonds is 2. The average molecular weight is 376 g/mol. The number of carbonyl (C=O) groups excluding carboxylic acids is 2. The number of urea groups is 1. The summed E-state index contributed by atoms with van der Waals surface area (Å²) in [5, 5.41) is 6.67. The molecule has 8 heteroatoms. The number of amides is 3. The maximum Gasteiger partial charge on any atom is 0.323 e. The van der Waals surface area contributed by atoms with Crippen molar-refractivity contribution in [3.63, 3.8) is 0 Å². The van der Waals surface area contributed by atoms with E-state index < -0.39 is 0 Å². The van der Waals surface area contributed by atoms with Crippen molar-refractivity contribution >= 4 is 29.1 Å². The van der Waals surface area contributed by atoms with Crippen LogP contribution in [0.3, 0.4) is 0 Å². The molecule has 1 N–H and O–H groups in total. The number of hydrogen-bond acceptors (Lipinski definition) is 5. The van der Waals surface area contributed by atoms with Gasteiger partial charge in [0.2, 0.25) is 0 Å². The van der Waals surface area contributed by atoms with Crippen molar-refractivity contribution in [2.45, 2.75) is 33.1 Å². The molecule has 0 aliphatic carbocycles. The van der Waals surface area contributed by atoms with Crippen molar-refractivity contribution in [3.05, 3.63) is 33.7 Å². The number of aromatic nitrogens is 1. The van der Waals surface area contributed by atoms with E-state index in [4.69, 9.17) is 4.52 Å². The lowest BCUT2D eigenvalue weighted by Gasteiger charge is -2.34. The van der Waals surface area contributed by atoms with Crippen LogP contribution >= 0.6 is 11.3 Å². The molecule has 0 unspecified atom stereocenters. The van der Waals surface area contributed by atoms with Crippen LogP contribution in [0.15, 0.2) is 22.7 Å². The monoisotopic (exact) mass is 376 g/mol. The molecule has 1 saturated heterocycles. The Hall–Kier alpha value is -2.35. The van der Waals surface area contributed by atoms with Crippen LogP contribution in [-0.2, 0) is 5.41 Å². The Bertz CT molecular complexity index is 797. The number of piperazine rings is 1. The van der Waals surface area contributed by atoms with Gasteiger partial charge in [0.05, 0.1) is 4.88 Å². The Labute approximate surface area is 156 Å². The molecule has 2 aromatic heterocycles. The lowest BCUT2D eigenvalue weighted by molar-refractivity contribution is 0.0676. The molecule has 0 bridgehead atoms. The molecular formula is C18H24N4O3S. The molecule has 0 aromatic carbocycles. The van der Waals surface area contributed by atoms with Crippen molar-refractivity contribution in [1.29, 1.82) is 0 Å². The van der Waals surface area contributed by atoms with Gasteiger partial charge in [-0.1, -0.05) is 25.9 Å². The van der Waals surface area contributed by atoms with Crippen molar-refractivity contribution in [2.24, 2.45) is 0 Å². The fourth-order valence-corrected chi connectivity index (χ4v) is 3.53. The normalized spacial score (nSPS) is 15.2. The maximum atomic E-state index is 12.5. The summed E-state index contributed by atoms with van der Waals surface area (Å²) in [6.07, 6.45) is 0. The van der Waals surface area contributed by atoms with Gasteiger partial charge in [-0.25, -0.2) is 4.79 Å². The molecule has 1 aliphatic heterocycles. The van der Waals surface area contributed by atoms with Crippen molar-refractivity contribution < 1.29 is 14.1 Å². The Morgan fingerprint density at radius 2 is 1.81 bits per heavy atom. The molecule has 1 fully saturated rings. The zero-order valence-corrected chi connectivity index (χ0v) is 16.4. The second-order valence-electron chi connectivity index (χ2n) is 7.45. The summed E-state index contributed by atoms with van der Waals surface area (Å²) in [5.41, 5.74) is -0.165. The fraction of sp³-hybridized carbons (Fsp3) is 0.500. The predicted molar refractivity (Wildman–Crippen MR) is 101 cm³/mol. The molecule has 140 valence electrons. The number of anilines is 1. The van der Waals surface area contributed by atoms with Crippen molar-refractivity contribution in [3.8, 4) is 0 Å². The van der Waals surface area contributed by atoms with Gasteiger partial charge in [-0.15, -0.1) is 11.3 Å². The number of thiophene rings is 1. The van der Waals surface area contributed by atoms with Gasteiger partial charge in [0.15, 0.2) is 5.82 Å². The third-order valence-corrected chi connectivity index (χ3v) is 5.28. The highest BCUT2D eigenvalue weighted by molar-refractivity contribution is 7.13. The van der Waals surface area contributed by atoms with Crippen molar-refractivity contribution in [2.75, 3.05) is 31.5 Å². The minimum absolute atomic E-state index is 0.0366. The van der Waals surface area contributed by atoms with Gasteiger partial charge in [0, 0.05) is 42.5 Å². The highest BCUT2D eigenvalue weighted by atomic mass is 32.1. The SMILES string of the molecule is Cc1ccc(C(=O)N2CCN(C(=O)Nc3cc(C(C)(C)C)on3)CC2)s1. The smallest absolute Gasteiger partial charge is 0.323 e. The first-order valence-corrected chi connectivity index (χ1v) is 9.44. The van der Waals surface area contributed by atoms with E-state index in [9.17, 15) is 9.59 Å². The number of hydrogen-bond donors (Lipinski definition) is 1. The summed E-state index contributed by atoms with van der Waals surface area (Å²) in [6, 6.07) is 5.33. The lowest BCUT2D eigenvalue weighted by atomic mass is 9.93. The van der Waals surface area contributed by atoms with Crippen LogP contribution in [0.1, 0.15) is 41.1 Å². The third kappa shape index (κ3) is 4.07. The molecule has 3 heterocycles. The largest absolute Gasteiger partial charge is 0.359 e. The van der Waals surface area contributed by atoms with E-state index in [-0.39, 0.29) is 17.4 Å². The molecule has 26 heavy (non-hydrogen) atoms. The van der Waals surface area contributed by atoms with E-state index in [0.717, 1.165) is 15.5 Å². The van der Waals surface area contributed by atoms with Crippen LogP contribution in [0.4, 0.5) is 10.6 Å². The lowest BCUT2D eigenvalue weighted by Crippen LogP contribution is -2.51. The van der Waals surface area contributed by atoms with Crippen LogP contribution in [0.25, 0.3) is 0 Å². The van der Waals surface area contributed by atoms with Gasteiger partial charge in [0.25, 0.3) is 5.91 Å². The number of aryl methyl sites for hydroxylation is 1. The fourth-order valence-electron chi connectivity index (χ4n) is 2.69. The highest BCUT2D eigenvalue weighted by Crippen LogP contribution is 2.24. The van der Waals surface area contributed by atoms with Crippen LogP contribution in [0, 0.1) is 6.92 Å². The minimum Gasteiger partial charge on any atom is -0.359 e. The quantitative estimate of drug-likeness (QED) is 0.872. The first-order valence-electron chi connectivity index (χ1n) is 8.63. The molecule has 3 rings (SSSR count). The van der Waals surface area contributed by atoms with Crippen LogP contribution < -0.4 is 5.32 Å². The van der Waals surface area contributed by atoms with E-state index >= 15 is 0 Å². The second kappa shape index (κ2) is 7.11. The third-order valence-electron chi connectivity index (χ3n) is 4.29. The number of nitrogens with zero attached hydrogens (tertiary/aromatic N) is 3. The minimum atomic E-state index is -0.224. The molecule has 1 aliphatic rings. The van der Waals surface area contributed by atoms with Crippen molar-refractivity contribution in [1.82, 2.24) is 15.0 Å². The van der Waals surface area contributed by atoms with Gasteiger partial charge in [-0.05, 0) is 19.1 Å². The standard InChI is InChI=1S/C18H24N4O3S/c1-12-5-6-13(26-12)16(23)21-7-9-22(10-8-21)17(24)19-15-11-14(25-20-15)18(2,3)4/h5-6,11H,7-10H2,1-4H3,(H,19,20,24). The molecular weight excluding hydrogens is 352 g/mol. The Morgan fingerprint density at radius 1 is 1.15 bits per heavy atom. The maximum absolute atomic E-state index is 12.5. The molecule has 7 nitrogen and oxygen atoms in total. The first-order chi connectivity index (χ1) is 12.2. The number of carbonyl (C=O) groups is 2. The van der Waals surface area contributed by atoms with Crippen LogP contribution in [0.5, 0.6) is 0 Å². The van der Waals surface area contributed by atoms with Crippen LogP contribution in [0.2, 0.25) is 0 Å².